The number of nitrogens with zero attached hydrogens (tertiary/aromatic N) is 6. The molecule has 152 valence electrons. The molecule has 2 fully saturated rings. The smallest absolute Gasteiger partial charge is 0.147 e. The molecule has 0 radical (unpaired) electrons. The normalized spacial score (nSPS) is 23.6. The Morgan fingerprint density at radius 2 is 1.86 bits per heavy atom. The summed E-state index contributed by atoms with van der Waals surface area (Å²) in [5.41, 5.74) is 7.26. The van der Waals surface area contributed by atoms with E-state index in [4.69, 9.17) is 10.5 Å². The van der Waals surface area contributed by atoms with E-state index in [-0.39, 0.29) is 0 Å². The van der Waals surface area contributed by atoms with E-state index in [1.54, 1.807) is 7.11 Å². The third-order valence-electron chi connectivity index (χ3n) is 5.87. The fourth-order valence-electron chi connectivity index (χ4n) is 4.12. The van der Waals surface area contributed by atoms with E-state index >= 15 is 0 Å². The fourth-order valence-corrected chi connectivity index (χ4v) is 4.12. The average Bonchev–Trinajstić information content (AvgIpc) is 3.08. The molecule has 8 nitrogen and oxygen atoms in total. The van der Waals surface area contributed by atoms with Gasteiger partial charge in [0.2, 0.25) is 0 Å². The van der Waals surface area contributed by atoms with Crippen LogP contribution >= 0.6 is 0 Å². The van der Waals surface area contributed by atoms with E-state index in [2.05, 4.69) is 35.6 Å². The topological polar surface area (TPSA) is 85.3 Å². The Bertz CT molecular complexity index is 736. The van der Waals surface area contributed by atoms with Crippen LogP contribution in [-0.2, 0) is 24.4 Å². The summed E-state index contributed by atoms with van der Waals surface area (Å²) in [6.45, 7) is 7.50. The first-order chi connectivity index (χ1) is 13.7. The molecule has 1 saturated carbocycles. The quantitative estimate of drug-likeness (QED) is 0.721. The first-order valence-corrected chi connectivity index (χ1v) is 10.2. The highest BCUT2D eigenvalue weighted by Crippen LogP contribution is 2.35. The van der Waals surface area contributed by atoms with Gasteiger partial charge >= 0.3 is 0 Å². The van der Waals surface area contributed by atoms with Gasteiger partial charge in [0.25, 0.3) is 0 Å². The van der Waals surface area contributed by atoms with Crippen molar-refractivity contribution in [3.05, 3.63) is 41.7 Å². The van der Waals surface area contributed by atoms with Gasteiger partial charge in [-0.05, 0) is 24.5 Å². The van der Waals surface area contributed by atoms with Crippen molar-refractivity contribution in [1.29, 1.82) is 0 Å². The zero-order valence-corrected chi connectivity index (χ0v) is 16.7. The maximum absolute atomic E-state index is 5.98. The van der Waals surface area contributed by atoms with Crippen LogP contribution in [-0.4, -0.2) is 75.5 Å². The standard InChI is InChI=1S/C20H31N7O/c1-28-10-9-27-19(23-24-20(27)17-11-18(21)12-17)15-26-7-5-25(6-8-26)14-16-3-2-4-22-13-16/h2-4,13,17-18H,5-12,14-15,21H2,1H3. The summed E-state index contributed by atoms with van der Waals surface area (Å²) in [7, 11) is 1.74. The lowest BCUT2D eigenvalue weighted by atomic mass is 9.80. The minimum absolute atomic E-state index is 0.314. The van der Waals surface area contributed by atoms with Gasteiger partial charge < -0.3 is 15.0 Å². The summed E-state index contributed by atoms with van der Waals surface area (Å²) in [5.74, 6) is 2.58. The van der Waals surface area contributed by atoms with Crippen LogP contribution in [0.2, 0.25) is 0 Å². The molecule has 0 bridgehead atoms. The molecule has 28 heavy (non-hydrogen) atoms. The minimum Gasteiger partial charge on any atom is -0.383 e. The van der Waals surface area contributed by atoms with E-state index in [0.29, 0.717) is 18.6 Å². The van der Waals surface area contributed by atoms with E-state index in [0.717, 1.165) is 70.3 Å². The summed E-state index contributed by atoms with van der Waals surface area (Å²) in [4.78, 5) is 9.18. The summed E-state index contributed by atoms with van der Waals surface area (Å²) in [5, 5.41) is 9.05. The Hall–Kier alpha value is -1.87. The predicted molar refractivity (Wildman–Crippen MR) is 107 cm³/mol. The van der Waals surface area contributed by atoms with Gasteiger partial charge in [-0.25, -0.2) is 0 Å². The lowest BCUT2D eigenvalue weighted by Gasteiger charge is -2.35. The van der Waals surface area contributed by atoms with Crippen LogP contribution < -0.4 is 5.73 Å². The van der Waals surface area contributed by atoms with Crippen molar-refractivity contribution in [2.75, 3.05) is 39.9 Å². The zero-order valence-electron chi connectivity index (χ0n) is 16.7. The van der Waals surface area contributed by atoms with E-state index in [9.17, 15) is 0 Å². The van der Waals surface area contributed by atoms with Crippen molar-refractivity contribution < 1.29 is 4.74 Å². The number of rotatable bonds is 8. The number of hydrogen-bond donors (Lipinski definition) is 1. The molecule has 3 heterocycles. The Kier molecular flexibility index (Phi) is 6.31. The zero-order chi connectivity index (χ0) is 19.3. The van der Waals surface area contributed by atoms with Crippen LogP contribution in [0.4, 0.5) is 0 Å². The largest absolute Gasteiger partial charge is 0.383 e. The summed E-state index contributed by atoms with van der Waals surface area (Å²) in [6.07, 6.45) is 5.81. The highest BCUT2D eigenvalue weighted by Gasteiger charge is 2.32. The summed E-state index contributed by atoms with van der Waals surface area (Å²) in [6, 6.07) is 4.46. The molecule has 4 rings (SSSR count). The SMILES string of the molecule is COCCn1c(CN2CCN(Cc3cccnc3)CC2)nnc1C1CC(N)C1. The molecular weight excluding hydrogens is 354 g/mol. The molecule has 1 aliphatic carbocycles. The minimum atomic E-state index is 0.314. The molecule has 0 aromatic carbocycles. The molecule has 1 aliphatic heterocycles. The number of piperazine rings is 1. The van der Waals surface area contributed by atoms with Crippen LogP contribution in [0.15, 0.2) is 24.5 Å². The van der Waals surface area contributed by atoms with Gasteiger partial charge in [0.05, 0.1) is 13.2 Å². The molecule has 0 amide bonds. The lowest BCUT2D eigenvalue weighted by Crippen LogP contribution is -2.45. The number of aromatic nitrogens is 4. The Labute approximate surface area is 166 Å². The molecule has 2 aliphatic rings. The lowest BCUT2D eigenvalue weighted by molar-refractivity contribution is 0.117. The molecular formula is C20H31N7O. The first kappa shape index (κ1) is 19.4. The maximum Gasteiger partial charge on any atom is 0.147 e. The predicted octanol–water partition coefficient (Wildman–Crippen LogP) is 0.842. The third-order valence-corrected chi connectivity index (χ3v) is 5.87. The van der Waals surface area contributed by atoms with E-state index in [1.807, 2.05) is 18.5 Å². The number of ether oxygens (including phenoxy) is 1. The van der Waals surface area contributed by atoms with Crippen LogP contribution in [0, 0.1) is 0 Å². The summed E-state index contributed by atoms with van der Waals surface area (Å²) < 4.78 is 7.58. The van der Waals surface area contributed by atoms with Gasteiger partial charge in [-0.15, -0.1) is 10.2 Å². The van der Waals surface area contributed by atoms with Gasteiger partial charge in [-0.3, -0.25) is 14.8 Å². The maximum atomic E-state index is 5.98. The van der Waals surface area contributed by atoms with Gasteiger partial charge in [-0.2, -0.15) is 0 Å². The average molecular weight is 386 g/mol. The third kappa shape index (κ3) is 4.57. The number of nitrogens with two attached hydrogens (primary N) is 1. The highest BCUT2D eigenvalue weighted by atomic mass is 16.5. The highest BCUT2D eigenvalue weighted by molar-refractivity contribution is 5.10. The second kappa shape index (κ2) is 9.09. The number of methoxy groups -OCH3 is 1. The van der Waals surface area contributed by atoms with Gasteiger partial charge in [-0.1, -0.05) is 6.07 Å². The van der Waals surface area contributed by atoms with E-state index in [1.165, 1.54) is 5.56 Å². The van der Waals surface area contributed by atoms with Gasteiger partial charge in [0.1, 0.15) is 11.6 Å². The monoisotopic (exact) mass is 385 g/mol. The van der Waals surface area contributed by atoms with Crippen molar-refractivity contribution in [1.82, 2.24) is 29.5 Å². The van der Waals surface area contributed by atoms with Crippen molar-refractivity contribution >= 4 is 0 Å². The van der Waals surface area contributed by atoms with Gasteiger partial charge in [0, 0.05) is 70.7 Å². The van der Waals surface area contributed by atoms with E-state index < -0.39 is 0 Å². The molecule has 0 spiro atoms. The molecule has 2 aromatic rings. The molecule has 0 unspecified atom stereocenters. The number of pyridine rings is 1. The Morgan fingerprint density at radius 1 is 1.11 bits per heavy atom. The van der Waals surface area contributed by atoms with Crippen molar-refractivity contribution in [3.63, 3.8) is 0 Å². The Morgan fingerprint density at radius 3 is 2.50 bits per heavy atom. The van der Waals surface area contributed by atoms with Crippen molar-refractivity contribution in [3.8, 4) is 0 Å². The fraction of sp³-hybridized carbons (Fsp3) is 0.650. The summed E-state index contributed by atoms with van der Waals surface area (Å²) >= 11 is 0. The first-order valence-electron chi connectivity index (χ1n) is 10.2. The second-order valence-corrected chi connectivity index (χ2v) is 7.96. The second-order valence-electron chi connectivity index (χ2n) is 7.96. The van der Waals surface area contributed by atoms with Crippen molar-refractivity contribution in [2.45, 2.75) is 44.4 Å². The molecule has 2 N–H and O–H groups in total. The Balaban J connectivity index is 1.34. The van der Waals surface area contributed by atoms with Crippen molar-refractivity contribution in [2.24, 2.45) is 5.73 Å². The molecule has 1 saturated heterocycles. The van der Waals surface area contributed by atoms with Crippen LogP contribution in [0.1, 0.15) is 36.0 Å². The molecule has 0 atom stereocenters. The van der Waals surface area contributed by atoms with Crippen LogP contribution in [0.25, 0.3) is 0 Å². The van der Waals surface area contributed by atoms with Crippen LogP contribution in [0.5, 0.6) is 0 Å². The van der Waals surface area contributed by atoms with Gasteiger partial charge in [0.15, 0.2) is 0 Å². The molecule has 8 heteroatoms. The van der Waals surface area contributed by atoms with Crippen LogP contribution in [0.3, 0.4) is 0 Å². The number of hydrogen-bond acceptors (Lipinski definition) is 7. The molecule has 2 aromatic heterocycles.